The fourth-order valence-electron chi connectivity index (χ4n) is 11.2. The van der Waals surface area contributed by atoms with Crippen molar-refractivity contribution in [2.75, 3.05) is 9.80 Å². The van der Waals surface area contributed by atoms with Gasteiger partial charge < -0.3 is 4.90 Å². The summed E-state index contributed by atoms with van der Waals surface area (Å²) in [4.78, 5) is 4.92. The highest BCUT2D eigenvalue weighted by atomic mass is 28.3. The molecule has 1 aromatic heterocycles. The van der Waals surface area contributed by atoms with Crippen molar-refractivity contribution in [2.45, 2.75) is 0 Å². The summed E-state index contributed by atoms with van der Waals surface area (Å²) in [6.45, 7) is 0. The van der Waals surface area contributed by atoms with E-state index in [4.69, 9.17) is 0 Å². The van der Waals surface area contributed by atoms with E-state index in [1.165, 1.54) is 70.6 Å². The number of hydrogen-bond donors (Lipinski definition) is 0. The highest BCUT2D eigenvalue weighted by Gasteiger charge is 2.52. The highest BCUT2D eigenvalue weighted by Crippen LogP contribution is 2.45. The Morgan fingerprint density at radius 2 is 0.829 bits per heavy atom. The average Bonchev–Trinajstić information content (AvgIpc) is 3.78. The zero-order chi connectivity index (χ0) is 46.4. The van der Waals surface area contributed by atoms with Crippen LogP contribution in [0.2, 0.25) is 0 Å². The van der Waals surface area contributed by atoms with Gasteiger partial charge in [-0.3, -0.25) is 9.47 Å². The minimum atomic E-state index is -3.07. The quantitative estimate of drug-likeness (QED) is 0.134. The van der Waals surface area contributed by atoms with Gasteiger partial charge in [-0.05, 0) is 116 Å². The van der Waals surface area contributed by atoms with E-state index in [0.29, 0.717) is 0 Å². The van der Waals surface area contributed by atoms with Gasteiger partial charge in [0, 0.05) is 44.4 Å². The normalized spacial score (nSPS) is 12.7. The minimum absolute atomic E-state index is 1.09. The molecule has 1 aliphatic heterocycles. The van der Waals surface area contributed by atoms with E-state index in [1.54, 1.807) is 0 Å². The average molecular weight is 910 g/mol. The van der Waals surface area contributed by atoms with Gasteiger partial charge in [-0.15, -0.1) is 0 Å². The van der Waals surface area contributed by atoms with E-state index in [1.807, 2.05) is 0 Å². The molecule has 330 valence electrons. The van der Waals surface area contributed by atoms with E-state index in [0.717, 1.165) is 34.0 Å². The summed E-state index contributed by atoms with van der Waals surface area (Å²) in [6, 6.07) is 105. The molecule has 13 rings (SSSR count). The zero-order valence-corrected chi connectivity index (χ0v) is 39.5. The van der Waals surface area contributed by atoms with Crippen LogP contribution in [0.25, 0.3) is 49.6 Å². The molecule has 12 aromatic rings. The molecule has 70 heavy (non-hydrogen) atoms. The summed E-state index contributed by atoms with van der Waals surface area (Å²) in [5.74, 6) is 1.18. The van der Waals surface area contributed by atoms with E-state index in [-0.39, 0.29) is 0 Å². The van der Waals surface area contributed by atoms with Crippen molar-refractivity contribution in [2.24, 2.45) is 0 Å². The molecule has 0 saturated heterocycles. The zero-order valence-electron chi connectivity index (χ0n) is 38.5. The van der Waals surface area contributed by atoms with Gasteiger partial charge in [0.05, 0.1) is 11.2 Å². The van der Waals surface area contributed by atoms with Crippen molar-refractivity contribution in [1.82, 2.24) is 4.57 Å². The van der Waals surface area contributed by atoms with Crippen molar-refractivity contribution >= 4 is 84.8 Å². The van der Waals surface area contributed by atoms with Crippen LogP contribution in [-0.4, -0.2) is 12.6 Å². The first-order valence-corrected chi connectivity index (χ1v) is 26.1. The first-order chi connectivity index (χ1) is 34.8. The Kier molecular flexibility index (Phi) is 10.2. The first kappa shape index (κ1) is 41.2. The van der Waals surface area contributed by atoms with Gasteiger partial charge in [-0.25, -0.2) is 0 Å². The van der Waals surface area contributed by atoms with Gasteiger partial charge in [0.1, 0.15) is 5.82 Å². The molecule has 0 spiro atoms. The maximum Gasteiger partial charge on any atom is 0.186 e. The predicted octanol–water partition coefficient (Wildman–Crippen LogP) is 14.7. The lowest BCUT2D eigenvalue weighted by Gasteiger charge is -2.44. The Hall–Kier alpha value is -8.96. The second-order valence-corrected chi connectivity index (χ2v) is 21.8. The second-order valence-electron chi connectivity index (χ2n) is 18.1. The Balaban J connectivity index is 1.04. The number of anilines is 6. The predicted molar refractivity (Wildman–Crippen MR) is 298 cm³/mol. The molecule has 3 nitrogen and oxygen atoms in total. The van der Waals surface area contributed by atoms with Gasteiger partial charge in [-0.1, -0.05) is 212 Å². The van der Waals surface area contributed by atoms with Gasteiger partial charge >= 0.3 is 0 Å². The fourth-order valence-corrected chi connectivity index (χ4v) is 16.4. The van der Waals surface area contributed by atoms with E-state index < -0.39 is 8.07 Å². The van der Waals surface area contributed by atoms with E-state index >= 15 is 0 Å². The molecule has 0 unspecified atom stereocenters. The number of benzene rings is 11. The lowest BCUT2D eigenvalue weighted by Crippen LogP contribution is -2.77. The van der Waals surface area contributed by atoms with Crippen molar-refractivity contribution in [3.05, 3.63) is 285 Å². The van der Waals surface area contributed by atoms with Crippen LogP contribution in [0, 0.1) is 0 Å². The maximum absolute atomic E-state index is 3.07. The van der Waals surface area contributed by atoms with Gasteiger partial charge in [-0.2, -0.15) is 0 Å². The largest absolute Gasteiger partial charge is 0.310 e. The van der Waals surface area contributed by atoms with Crippen molar-refractivity contribution in [3.8, 4) is 27.9 Å². The lowest BCUT2D eigenvalue weighted by molar-refractivity contribution is 1.08. The summed E-state index contributed by atoms with van der Waals surface area (Å²) in [6.07, 6.45) is 0. The molecule has 0 fully saturated rings. The second kappa shape index (κ2) is 17.3. The summed E-state index contributed by atoms with van der Waals surface area (Å²) in [7, 11) is -3.07. The van der Waals surface area contributed by atoms with E-state index in [9.17, 15) is 0 Å². The molecule has 0 bridgehead atoms. The maximum atomic E-state index is 2.53. The SMILES string of the molecule is c1ccc(-c2ccc(N(c3ccc(-c4ccc5c(c4)c4c(n5-c5ccccc5)N(c5ccccc5)c5ccccc5[Si]4(c4ccccc4)c4ccccc4)cc3)c3cccc4ccccc34)cc2)cc1. The van der Waals surface area contributed by atoms with Crippen molar-refractivity contribution < 1.29 is 0 Å². The van der Waals surface area contributed by atoms with Crippen LogP contribution >= 0.6 is 0 Å². The van der Waals surface area contributed by atoms with E-state index in [2.05, 4.69) is 299 Å². The molecule has 1 aliphatic rings. The smallest absolute Gasteiger partial charge is 0.186 e. The van der Waals surface area contributed by atoms with Crippen LogP contribution in [0.15, 0.2) is 285 Å². The van der Waals surface area contributed by atoms with Crippen LogP contribution in [0.1, 0.15) is 0 Å². The molecule has 4 heteroatoms. The highest BCUT2D eigenvalue weighted by molar-refractivity contribution is 7.22. The van der Waals surface area contributed by atoms with Crippen LogP contribution in [-0.2, 0) is 0 Å². The van der Waals surface area contributed by atoms with Gasteiger partial charge in [0.2, 0.25) is 0 Å². The molecule has 2 heterocycles. The summed E-state index contributed by atoms with van der Waals surface area (Å²) in [5.41, 5.74) is 12.7. The third-order valence-corrected chi connectivity index (χ3v) is 19.1. The summed E-state index contributed by atoms with van der Waals surface area (Å²) >= 11 is 0. The first-order valence-electron chi connectivity index (χ1n) is 24.1. The number of rotatable bonds is 9. The summed E-state index contributed by atoms with van der Waals surface area (Å²) in [5, 5.41) is 9.13. The molecule has 0 aliphatic carbocycles. The number of hydrogen-bond acceptors (Lipinski definition) is 2. The minimum Gasteiger partial charge on any atom is -0.310 e. The Bertz CT molecular complexity index is 3750. The van der Waals surface area contributed by atoms with Crippen LogP contribution in [0.3, 0.4) is 0 Å². The van der Waals surface area contributed by atoms with Gasteiger partial charge in [0.25, 0.3) is 0 Å². The van der Waals surface area contributed by atoms with Crippen LogP contribution in [0.4, 0.5) is 34.3 Å². The monoisotopic (exact) mass is 909 g/mol. The molecule has 0 amide bonds. The Labute approximate surface area is 410 Å². The van der Waals surface area contributed by atoms with Crippen molar-refractivity contribution in [3.63, 3.8) is 0 Å². The number of nitrogens with zero attached hydrogens (tertiary/aromatic N) is 3. The van der Waals surface area contributed by atoms with Gasteiger partial charge in [0.15, 0.2) is 8.07 Å². The molecular weight excluding hydrogens is 863 g/mol. The number of para-hydroxylation sites is 3. The summed E-state index contributed by atoms with van der Waals surface area (Å²) < 4.78 is 2.53. The molecule has 0 atom stereocenters. The number of fused-ring (bicyclic) bond motifs is 5. The van der Waals surface area contributed by atoms with Crippen LogP contribution in [0.5, 0.6) is 0 Å². The fraction of sp³-hybridized carbons (Fsp3) is 0. The molecule has 11 aromatic carbocycles. The molecular formula is C66H47N3Si. The Morgan fingerprint density at radius 1 is 0.343 bits per heavy atom. The topological polar surface area (TPSA) is 11.4 Å². The third kappa shape index (κ3) is 6.72. The third-order valence-electron chi connectivity index (χ3n) is 14.2. The van der Waals surface area contributed by atoms with Crippen molar-refractivity contribution in [1.29, 1.82) is 0 Å². The number of aromatic nitrogens is 1. The van der Waals surface area contributed by atoms with Crippen LogP contribution < -0.4 is 30.5 Å². The lowest BCUT2D eigenvalue weighted by atomic mass is 10.0. The standard InChI is InChI=1S/C66H47N3Si/c1-6-21-48(22-7-1)49-37-42-55(43-38-49)67(61-35-20-24-51-23-16-17-33-59(51)61)56-44-39-50(40-45-56)52-41-46-62-60(47-52)65-66(68(62)53-25-8-2-9-26-53)69(54-27-10-3-11-28-54)63-34-18-19-36-64(63)70(65,57-29-12-4-13-30-57)58-31-14-5-15-32-58/h1-47H. The molecule has 0 saturated carbocycles. The Morgan fingerprint density at radius 3 is 1.47 bits per heavy atom. The molecule has 0 N–H and O–H groups in total. The molecule has 0 radical (unpaired) electrons.